The zero-order valence-electron chi connectivity index (χ0n) is 15.5. The van der Waals surface area contributed by atoms with Crippen molar-refractivity contribution >= 4 is 22.5 Å². The van der Waals surface area contributed by atoms with Gasteiger partial charge in [0.1, 0.15) is 6.04 Å². The van der Waals surface area contributed by atoms with Crippen LogP contribution in [0.4, 0.5) is 0 Å². The summed E-state index contributed by atoms with van der Waals surface area (Å²) >= 11 is 0. The van der Waals surface area contributed by atoms with E-state index in [1.807, 2.05) is 52.2 Å². The Morgan fingerprint density at radius 3 is 2.65 bits per heavy atom. The van der Waals surface area contributed by atoms with Crippen LogP contribution in [0.15, 0.2) is 35.1 Å². The van der Waals surface area contributed by atoms with Crippen molar-refractivity contribution in [3.63, 3.8) is 0 Å². The lowest BCUT2D eigenvalue weighted by Gasteiger charge is -2.32. The van der Waals surface area contributed by atoms with Crippen molar-refractivity contribution in [3.8, 4) is 0 Å². The van der Waals surface area contributed by atoms with Crippen molar-refractivity contribution in [2.45, 2.75) is 39.7 Å². The van der Waals surface area contributed by atoms with Crippen LogP contribution in [0.3, 0.4) is 0 Å². The SMILES string of the molecule is Cc1cc(=O)nc2c3ccccc3n([C@H](C)C(=O)N3CCC(C)CC3)n12. The largest absolute Gasteiger partial charge is 0.341 e. The molecule has 6 nitrogen and oxygen atoms in total. The van der Waals surface area contributed by atoms with Crippen molar-refractivity contribution in [1.29, 1.82) is 0 Å². The Balaban J connectivity index is 1.87. The Bertz CT molecular complexity index is 1040. The van der Waals surface area contributed by atoms with Crippen LogP contribution in [0.5, 0.6) is 0 Å². The minimum atomic E-state index is -0.367. The molecule has 0 spiro atoms. The highest BCUT2D eigenvalue weighted by atomic mass is 16.2. The van der Waals surface area contributed by atoms with Gasteiger partial charge in [0.25, 0.3) is 5.56 Å². The fourth-order valence-electron chi connectivity index (χ4n) is 3.99. The van der Waals surface area contributed by atoms with Crippen LogP contribution in [0.25, 0.3) is 16.6 Å². The van der Waals surface area contributed by atoms with Crippen LogP contribution in [-0.4, -0.2) is 38.1 Å². The van der Waals surface area contributed by atoms with Gasteiger partial charge in [0.2, 0.25) is 5.91 Å². The predicted octanol–water partition coefficient (Wildman–Crippen LogP) is 2.78. The minimum Gasteiger partial charge on any atom is -0.341 e. The Labute approximate surface area is 152 Å². The Morgan fingerprint density at radius 2 is 1.92 bits per heavy atom. The number of aromatic nitrogens is 3. The molecular weight excluding hydrogens is 328 g/mol. The number of piperidine rings is 1. The van der Waals surface area contributed by atoms with Crippen LogP contribution in [0.1, 0.15) is 38.4 Å². The first-order valence-electron chi connectivity index (χ1n) is 9.26. The van der Waals surface area contributed by atoms with Crippen molar-refractivity contribution in [2.24, 2.45) is 5.92 Å². The van der Waals surface area contributed by atoms with E-state index in [-0.39, 0.29) is 17.5 Å². The number of likely N-dealkylation sites (tertiary alicyclic amines) is 1. The van der Waals surface area contributed by atoms with E-state index in [2.05, 4.69) is 11.9 Å². The molecule has 0 saturated carbocycles. The molecule has 2 aromatic heterocycles. The summed E-state index contributed by atoms with van der Waals surface area (Å²) in [7, 11) is 0. The number of hydrogen-bond acceptors (Lipinski definition) is 3. The molecule has 3 heterocycles. The van der Waals surface area contributed by atoms with Gasteiger partial charge >= 0.3 is 0 Å². The van der Waals surface area contributed by atoms with E-state index < -0.39 is 0 Å². The molecular formula is C20H24N4O2. The van der Waals surface area contributed by atoms with Crippen LogP contribution in [-0.2, 0) is 4.79 Å². The molecule has 0 unspecified atom stereocenters. The average Bonchev–Trinajstić information content (AvgIpc) is 2.96. The number of hydrogen-bond donors (Lipinski definition) is 0. The van der Waals surface area contributed by atoms with E-state index in [9.17, 15) is 9.59 Å². The van der Waals surface area contributed by atoms with E-state index in [1.54, 1.807) is 0 Å². The zero-order valence-corrected chi connectivity index (χ0v) is 15.5. The lowest BCUT2D eigenvalue weighted by molar-refractivity contribution is -0.135. The highest BCUT2D eigenvalue weighted by molar-refractivity contribution is 5.94. The zero-order chi connectivity index (χ0) is 18.4. The lowest BCUT2D eigenvalue weighted by Crippen LogP contribution is -2.42. The molecule has 0 radical (unpaired) electrons. The van der Waals surface area contributed by atoms with E-state index in [0.29, 0.717) is 11.6 Å². The monoisotopic (exact) mass is 352 g/mol. The number of fused-ring (bicyclic) bond motifs is 3. The standard InChI is InChI=1S/C20H24N4O2/c1-13-8-10-22(11-9-13)20(26)15(3)24-17-7-5-4-6-16(17)19-21-18(25)12-14(2)23(19)24/h4-7,12-13,15H,8-11H2,1-3H3/t15-/m1/s1. The highest BCUT2D eigenvalue weighted by Crippen LogP contribution is 2.27. The van der Waals surface area contributed by atoms with Crippen LogP contribution in [0, 0.1) is 12.8 Å². The summed E-state index contributed by atoms with van der Waals surface area (Å²) < 4.78 is 3.88. The van der Waals surface area contributed by atoms with Gasteiger partial charge in [0.05, 0.1) is 5.52 Å². The molecule has 136 valence electrons. The van der Waals surface area contributed by atoms with Gasteiger partial charge in [-0.25, -0.2) is 4.52 Å². The van der Waals surface area contributed by atoms with Crippen molar-refractivity contribution < 1.29 is 4.79 Å². The number of para-hydroxylation sites is 1. The number of nitrogens with zero attached hydrogens (tertiary/aromatic N) is 4. The number of aryl methyl sites for hydroxylation is 1. The third kappa shape index (κ3) is 2.60. The topological polar surface area (TPSA) is 59.6 Å². The van der Waals surface area contributed by atoms with Crippen LogP contribution >= 0.6 is 0 Å². The van der Waals surface area contributed by atoms with E-state index in [4.69, 9.17) is 0 Å². The Hall–Kier alpha value is -2.63. The summed E-state index contributed by atoms with van der Waals surface area (Å²) in [5.74, 6) is 0.802. The Kier molecular flexibility index (Phi) is 4.05. The molecule has 4 rings (SSSR count). The Morgan fingerprint density at radius 1 is 1.23 bits per heavy atom. The number of rotatable bonds is 2. The average molecular weight is 352 g/mol. The molecule has 0 bridgehead atoms. The molecule has 3 aromatic rings. The normalized spacial score (nSPS) is 17.1. The molecule has 1 aliphatic heterocycles. The number of carbonyl (C=O) groups excluding carboxylic acids is 1. The summed E-state index contributed by atoms with van der Waals surface area (Å²) in [6, 6.07) is 8.96. The van der Waals surface area contributed by atoms with Gasteiger partial charge in [-0.15, -0.1) is 0 Å². The second-order valence-electron chi connectivity index (χ2n) is 7.42. The molecule has 1 amide bonds. The lowest BCUT2D eigenvalue weighted by atomic mass is 9.99. The summed E-state index contributed by atoms with van der Waals surface area (Å²) in [4.78, 5) is 31.3. The van der Waals surface area contributed by atoms with Crippen molar-refractivity contribution in [1.82, 2.24) is 19.1 Å². The van der Waals surface area contributed by atoms with Gasteiger partial charge in [-0.05, 0) is 44.7 Å². The fourth-order valence-corrected chi connectivity index (χ4v) is 3.99. The summed E-state index contributed by atoms with van der Waals surface area (Å²) in [6.45, 7) is 7.68. The predicted molar refractivity (Wildman–Crippen MR) is 101 cm³/mol. The first-order valence-corrected chi connectivity index (χ1v) is 9.26. The summed E-state index contributed by atoms with van der Waals surface area (Å²) in [6.07, 6.45) is 2.11. The second kappa shape index (κ2) is 6.27. The fraction of sp³-hybridized carbons (Fsp3) is 0.450. The smallest absolute Gasteiger partial charge is 0.273 e. The third-order valence-corrected chi connectivity index (χ3v) is 5.51. The molecule has 1 fully saturated rings. The van der Waals surface area contributed by atoms with Crippen molar-refractivity contribution in [2.75, 3.05) is 13.1 Å². The van der Waals surface area contributed by atoms with E-state index >= 15 is 0 Å². The molecule has 0 N–H and O–H groups in total. The number of carbonyl (C=O) groups is 1. The first kappa shape index (κ1) is 16.8. The van der Waals surface area contributed by atoms with E-state index in [1.165, 1.54) is 6.07 Å². The quantitative estimate of drug-likeness (QED) is 0.712. The van der Waals surface area contributed by atoms with Crippen LogP contribution < -0.4 is 5.56 Å². The molecule has 6 heteroatoms. The minimum absolute atomic E-state index is 0.123. The van der Waals surface area contributed by atoms with Gasteiger partial charge < -0.3 is 4.90 Å². The highest BCUT2D eigenvalue weighted by Gasteiger charge is 2.28. The van der Waals surface area contributed by atoms with Gasteiger partial charge in [0, 0.05) is 30.2 Å². The first-order chi connectivity index (χ1) is 12.5. The maximum atomic E-state index is 13.2. The molecule has 1 saturated heterocycles. The molecule has 1 atom stereocenters. The molecule has 1 aliphatic rings. The van der Waals surface area contributed by atoms with Gasteiger partial charge in [0.15, 0.2) is 5.65 Å². The van der Waals surface area contributed by atoms with Gasteiger partial charge in [-0.3, -0.25) is 14.3 Å². The maximum Gasteiger partial charge on any atom is 0.273 e. The maximum absolute atomic E-state index is 13.2. The van der Waals surface area contributed by atoms with Gasteiger partial charge in [-0.2, -0.15) is 4.98 Å². The molecule has 0 aliphatic carbocycles. The van der Waals surface area contributed by atoms with E-state index in [0.717, 1.165) is 42.5 Å². The second-order valence-corrected chi connectivity index (χ2v) is 7.42. The molecule has 1 aromatic carbocycles. The van der Waals surface area contributed by atoms with Crippen LogP contribution in [0.2, 0.25) is 0 Å². The summed E-state index contributed by atoms with van der Waals surface area (Å²) in [5, 5.41) is 0.889. The molecule has 26 heavy (non-hydrogen) atoms. The summed E-state index contributed by atoms with van der Waals surface area (Å²) in [5.41, 5.74) is 2.05. The van der Waals surface area contributed by atoms with Gasteiger partial charge in [-0.1, -0.05) is 19.1 Å². The third-order valence-electron chi connectivity index (χ3n) is 5.51. The number of amides is 1. The van der Waals surface area contributed by atoms with Crippen molar-refractivity contribution in [3.05, 3.63) is 46.4 Å². The number of benzene rings is 1.